The minimum absolute atomic E-state index is 0.135. The third-order valence-corrected chi connectivity index (χ3v) is 2.97. The van der Waals surface area contributed by atoms with Crippen LogP contribution in [-0.2, 0) is 4.79 Å². The Hall–Kier alpha value is -1.09. The molecule has 0 saturated carbocycles. The first kappa shape index (κ1) is 13.0. The van der Waals surface area contributed by atoms with E-state index in [0.717, 1.165) is 23.3 Å². The second-order valence-electron chi connectivity index (χ2n) is 3.53. The highest BCUT2D eigenvalue weighted by atomic mass is 32.2. The first-order chi connectivity index (χ1) is 7.59. The summed E-state index contributed by atoms with van der Waals surface area (Å²) in [6.07, 6.45) is 4.69. The molecule has 0 aliphatic carbocycles. The summed E-state index contributed by atoms with van der Waals surface area (Å²) in [7, 11) is 0. The summed E-state index contributed by atoms with van der Waals surface area (Å²) in [5, 5.41) is 0.135. The Bertz CT molecular complexity index is 399. The molecule has 1 nitrogen and oxygen atoms in total. The highest BCUT2D eigenvalue weighted by Gasteiger charge is 1.96. The van der Waals surface area contributed by atoms with Gasteiger partial charge in [0.15, 0.2) is 5.12 Å². The van der Waals surface area contributed by atoms with Crippen LogP contribution in [0.3, 0.4) is 0 Å². The molecule has 0 saturated heterocycles. The fourth-order valence-corrected chi connectivity index (χ4v) is 1.81. The number of allylic oxidation sites excluding steroid dienone is 1. The number of rotatable bonds is 4. The predicted molar refractivity (Wildman–Crippen MR) is 67.9 cm³/mol. The van der Waals surface area contributed by atoms with Crippen LogP contribution < -0.4 is 0 Å². The van der Waals surface area contributed by atoms with Crippen LogP contribution in [-0.4, -0.2) is 10.9 Å². The summed E-state index contributed by atoms with van der Waals surface area (Å²) >= 11 is 1.31. The molecule has 3 heteroatoms. The summed E-state index contributed by atoms with van der Waals surface area (Å²) in [5.74, 6) is 0.559. The zero-order valence-corrected chi connectivity index (χ0v) is 10.3. The fraction of sp³-hybridized carbons (Fsp3) is 0.308. The van der Waals surface area contributed by atoms with Crippen LogP contribution in [0.25, 0.3) is 6.08 Å². The lowest BCUT2D eigenvalue weighted by atomic mass is 10.1. The Morgan fingerprint density at radius 3 is 2.94 bits per heavy atom. The van der Waals surface area contributed by atoms with Gasteiger partial charge in [0.05, 0.1) is 0 Å². The van der Waals surface area contributed by atoms with Crippen LogP contribution in [0.15, 0.2) is 24.3 Å². The van der Waals surface area contributed by atoms with Gasteiger partial charge in [0.25, 0.3) is 0 Å². The van der Waals surface area contributed by atoms with Crippen molar-refractivity contribution in [3.05, 3.63) is 41.2 Å². The van der Waals surface area contributed by atoms with Crippen molar-refractivity contribution < 1.29 is 9.18 Å². The van der Waals surface area contributed by atoms with Crippen LogP contribution in [0.4, 0.5) is 4.39 Å². The third-order valence-electron chi connectivity index (χ3n) is 2.13. The van der Waals surface area contributed by atoms with E-state index in [2.05, 4.69) is 0 Å². The van der Waals surface area contributed by atoms with Gasteiger partial charge in [-0.05, 0) is 36.6 Å². The molecule has 1 aromatic rings. The molecule has 0 heterocycles. The minimum Gasteiger partial charge on any atom is -0.288 e. The van der Waals surface area contributed by atoms with E-state index >= 15 is 0 Å². The lowest BCUT2D eigenvalue weighted by Crippen LogP contribution is -1.85. The summed E-state index contributed by atoms with van der Waals surface area (Å²) in [4.78, 5) is 10.7. The Morgan fingerprint density at radius 1 is 1.50 bits per heavy atom. The maximum absolute atomic E-state index is 12.9. The molecule has 0 amide bonds. The monoisotopic (exact) mass is 238 g/mol. The number of thioether (sulfide) groups is 1. The lowest BCUT2D eigenvalue weighted by Gasteiger charge is -1.99. The zero-order valence-electron chi connectivity index (χ0n) is 9.50. The number of benzene rings is 1. The van der Waals surface area contributed by atoms with Gasteiger partial charge in [-0.25, -0.2) is 4.39 Å². The molecule has 0 unspecified atom stereocenters. The third kappa shape index (κ3) is 4.62. The molecule has 0 radical (unpaired) electrons. The van der Waals surface area contributed by atoms with Crippen LogP contribution in [0, 0.1) is 12.7 Å². The van der Waals surface area contributed by atoms with Gasteiger partial charge in [0, 0.05) is 12.7 Å². The van der Waals surface area contributed by atoms with Crippen molar-refractivity contribution in [2.24, 2.45) is 0 Å². The normalized spacial score (nSPS) is 10.9. The Kier molecular flexibility index (Phi) is 5.26. The molecule has 0 aliphatic heterocycles. The molecule has 0 spiro atoms. The number of carbonyl (C=O) groups is 1. The number of hydrogen-bond acceptors (Lipinski definition) is 2. The van der Waals surface area contributed by atoms with E-state index < -0.39 is 0 Å². The quantitative estimate of drug-likeness (QED) is 0.742. The zero-order chi connectivity index (χ0) is 12.0. The minimum atomic E-state index is -0.219. The first-order valence-corrected chi connectivity index (χ1v) is 6.14. The van der Waals surface area contributed by atoms with Gasteiger partial charge in [-0.15, -0.1) is 0 Å². The van der Waals surface area contributed by atoms with Gasteiger partial charge in [-0.3, -0.25) is 4.79 Å². The topological polar surface area (TPSA) is 17.1 Å². The molecule has 0 fully saturated rings. The molecule has 16 heavy (non-hydrogen) atoms. The summed E-state index contributed by atoms with van der Waals surface area (Å²) in [5.41, 5.74) is 1.95. The molecule has 0 aliphatic rings. The number of aryl methyl sites for hydroxylation is 1. The van der Waals surface area contributed by atoms with Crippen LogP contribution >= 0.6 is 11.8 Å². The maximum atomic E-state index is 12.9. The lowest BCUT2D eigenvalue weighted by molar-refractivity contribution is -0.109. The average Bonchev–Trinajstić information content (AvgIpc) is 2.22. The van der Waals surface area contributed by atoms with Crippen molar-refractivity contribution >= 4 is 23.0 Å². The number of hydrogen-bond donors (Lipinski definition) is 0. The summed E-state index contributed by atoms with van der Waals surface area (Å²) in [6, 6.07) is 4.74. The summed E-state index contributed by atoms with van der Waals surface area (Å²) < 4.78 is 12.9. The van der Waals surface area contributed by atoms with E-state index in [9.17, 15) is 9.18 Å². The smallest absolute Gasteiger partial charge is 0.185 e. The first-order valence-electron chi connectivity index (χ1n) is 5.15. The van der Waals surface area contributed by atoms with Gasteiger partial charge >= 0.3 is 0 Å². The number of carbonyl (C=O) groups excluding carboxylic acids is 1. The second-order valence-corrected chi connectivity index (χ2v) is 4.80. The Labute approximate surface area is 99.7 Å². The van der Waals surface area contributed by atoms with E-state index in [1.807, 2.05) is 19.1 Å². The van der Waals surface area contributed by atoms with Crippen molar-refractivity contribution in [1.82, 2.24) is 0 Å². The van der Waals surface area contributed by atoms with Gasteiger partial charge < -0.3 is 0 Å². The van der Waals surface area contributed by atoms with Crippen molar-refractivity contribution in [2.45, 2.75) is 20.3 Å². The Balaban J connectivity index is 2.49. The van der Waals surface area contributed by atoms with Crippen LogP contribution in [0.5, 0.6) is 0 Å². The van der Waals surface area contributed by atoms with E-state index in [-0.39, 0.29) is 10.9 Å². The van der Waals surface area contributed by atoms with Gasteiger partial charge in [0.1, 0.15) is 5.82 Å². The van der Waals surface area contributed by atoms with E-state index in [1.165, 1.54) is 23.9 Å². The van der Waals surface area contributed by atoms with Crippen LogP contribution in [0.2, 0.25) is 0 Å². The summed E-state index contributed by atoms with van der Waals surface area (Å²) in [6.45, 7) is 3.51. The van der Waals surface area contributed by atoms with Crippen molar-refractivity contribution in [3.8, 4) is 0 Å². The van der Waals surface area contributed by atoms with E-state index in [4.69, 9.17) is 0 Å². The molecule has 0 aromatic heterocycles. The highest BCUT2D eigenvalue weighted by Crippen LogP contribution is 2.13. The molecule has 1 aromatic carbocycles. The van der Waals surface area contributed by atoms with Crippen molar-refractivity contribution in [3.63, 3.8) is 0 Å². The molecule has 0 bridgehead atoms. The van der Waals surface area contributed by atoms with Crippen LogP contribution in [0.1, 0.15) is 24.5 Å². The maximum Gasteiger partial charge on any atom is 0.185 e. The molecule has 0 atom stereocenters. The molecule has 86 valence electrons. The average molecular weight is 238 g/mol. The van der Waals surface area contributed by atoms with E-state index in [1.54, 1.807) is 13.0 Å². The number of halogens is 1. The van der Waals surface area contributed by atoms with E-state index in [0.29, 0.717) is 0 Å². The molecule has 1 rings (SSSR count). The standard InChI is InChI=1S/C13H15FOS/c1-10-6-7-13(14)9-12(10)5-3-4-8-16-11(2)15/h3,5-7,9H,4,8H2,1-2H3. The fourth-order valence-electron chi connectivity index (χ4n) is 1.27. The molecule has 0 N–H and O–H groups in total. The second kappa shape index (κ2) is 6.48. The Morgan fingerprint density at radius 2 is 2.25 bits per heavy atom. The SMILES string of the molecule is CC(=O)SCCC=Cc1cc(F)ccc1C. The predicted octanol–water partition coefficient (Wildman–Crippen LogP) is 3.82. The highest BCUT2D eigenvalue weighted by molar-refractivity contribution is 8.13. The van der Waals surface area contributed by atoms with Gasteiger partial charge in [-0.2, -0.15) is 0 Å². The molecular formula is C13H15FOS. The molecular weight excluding hydrogens is 223 g/mol. The van der Waals surface area contributed by atoms with Gasteiger partial charge in [0.2, 0.25) is 0 Å². The van der Waals surface area contributed by atoms with Crippen molar-refractivity contribution in [1.29, 1.82) is 0 Å². The van der Waals surface area contributed by atoms with Gasteiger partial charge in [-0.1, -0.05) is 30.0 Å². The van der Waals surface area contributed by atoms with Crippen molar-refractivity contribution in [2.75, 3.05) is 5.75 Å². The largest absolute Gasteiger partial charge is 0.288 e.